The first-order valence-electron chi connectivity index (χ1n) is 7.69. The molecule has 1 aliphatic carbocycles. The average molecular weight is 301 g/mol. The second-order valence-electron chi connectivity index (χ2n) is 5.51. The number of amides is 1. The molecule has 1 saturated carbocycles. The molecule has 1 aromatic carbocycles. The molecule has 1 N–H and O–H groups in total. The normalized spacial score (nSPS) is 15.1. The minimum Gasteiger partial charge on any atom is -0.490 e. The molecule has 0 aliphatic heterocycles. The van der Waals surface area contributed by atoms with E-state index in [-0.39, 0.29) is 17.5 Å². The van der Waals surface area contributed by atoms with Crippen LogP contribution in [0.1, 0.15) is 43.0 Å². The van der Waals surface area contributed by atoms with E-state index in [1.807, 2.05) is 13.0 Å². The lowest BCUT2D eigenvalue weighted by Crippen LogP contribution is -2.35. The number of nitrogens with one attached hydrogen (secondary N) is 1. The van der Waals surface area contributed by atoms with Crippen LogP contribution in [0.15, 0.2) is 33.5 Å². The van der Waals surface area contributed by atoms with Crippen molar-refractivity contribution in [2.45, 2.75) is 38.6 Å². The Morgan fingerprint density at radius 2 is 2.14 bits per heavy atom. The van der Waals surface area contributed by atoms with Gasteiger partial charge in [-0.25, -0.2) is 4.79 Å². The fraction of sp³-hybridized carbons (Fsp3) is 0.412. The summed E-state index contributed by atoms with van der Waals surface area (Å²) in [5.74, 6) is 0.157. The summed E-state index contributed by atoms with van der Waals surface area (Å²) in [7, 11) is 0. The summed E-state index contributed by atoms with van der Waals surface area (Å²) in [6.45, 7) is 2.34. The molecule has 0 radical (unpaired) electrons. The highest BCUT2D eigenvalue weighted by Crippen LogP contribution is 2.25. The molecule has 22 heavy (non-hydrogen) atoms. The second kappa shape index (κ2) is 6.22. The fourth-order valence-electron chi connectivity index (χ4n) is 2.88. The Labute approximate surface area is 128 Å². The third-order valence-electron chi connectivity index (χ3n) is 3.96. The Kier molecular flexibility index (Phi) is 4.13. The van der Waals surface area contributed by atoms with Gasteiger partial charge < -0.3 is 14.5 Å². The quantitative estimate of drug-likeness (QED) is 0.882. The first-order chi connectivity index (χ1) is 10.7. The van der Waals surface area contributed by atoms with Crippen molar-refractivity contribution in [3.63, 3.8) is 0 Å². The van der Waals surface area contributed by atoms with Crippen molar-refractivity contribution < 1.29 is 13.9 Å². The molecule has 1 aliphatic rings. The van der Waals surface area contributed by atoms with E-state index in [2.05, 4.69) is 5.32 Å². The monoisotopic (exact) mass is 301 g/mol. The highest BCUT2D eigenvalue weighted by molar-refractivity contribution is 5.97. The maximum atomic E-state index is 12.3. The molecule has 1 amide bonds. The van der Waals surface area contributed by atoms with Crippen molar-refractivity contribution in [3.05, 3.63) is 40.2 Å². The van der Waals surface area contributed by atoms with Crippen molar-refractivity contribution >= 4 is 16.9 Å². The van der Waals surface area contributed by atoms with Gasteiger partial charge in [-0.1, -0.05) is 25.0 Å². The zero-order valence-corrected chi connectivity index (χ0v) is 12.6. The molecule has 1 aromatic heterocycles. The van der Waals surface area contributed by atoms with Crippen LogP contribution in [-0.2, 0) is 0 Å². The maximum absolute atomic E-state index is 12.3. The lowest BCUT2D eigenvalue weighted by atomic mass is 10.1. The molecule has 2 aromatic rings. The smallest absolute Gasteiger partial charge is 0.349 e. The van der Waals surface area contributed by atoms with E-state index >= 15 is 0 Å². The minimum absolute atomic E-state index is 0.0491. The van der Waals surface area contributed by atoms with E-state index in [0.717, 1.165) is 25.7 Å². The number of hydrogen-bond acceptors (Lipinski definition) is 4. The predicted octanol–water partition coefficient (Wildman–Crippen LogP) is 2.86. The highest BCUT2D eigenvalue weighted by Gasteiger charge is 2.21. The molecular weight excluding hydrogens is 282 g/mol. The standard InChI is InChI=1S/C17H19NO4/c1-2-21-14-9-5-6-11-10-13(17(20)22-15(11)14)16(19)18-12-7-3-4-8-12/h5-6,9-10,12H,2-4,7-8H2,1H3,(H,18,19). The SMILES string of the molecule is CCOc1cccc2cc(C(=O)NC3CCCC3)c(=O)oc12. The molecule has 5 nitrogen and oxygen atoms in total. The van der Waals surface area contributed by atoms with Crippen LogP contribution in [0.25, 0.3) is 11.0 Å². The van der Waals surface area contributed by atoms with E-state index in [9.17, 15) is 9.59 Å². The molecule has 1 fully saturated rings. The first-order valence-corrected chi connectivity index (χ1v) is 7.69. The van der Waals surface area contributed by atoms with Crippen molar-refractivity contribution in [1.82, 2.24) is 5.32 Å². The Bertz CT molecular complexity index is 744. The van der Waals surface area contributed by atoms with Crippen molar-refractivity contribution in [1.29, 1.82) is 0 Å². The number of carbonyl (C=O) groups is 1. The summed E-state index contributed by atoms with van der Waals surface area (Å²) in [5.41, 5.74) is -0.199. The molecule has 3 rings (SSSR count). The lowest BCUT2D eigenvalue weighted by molar-refractivity contribution is 0.0934. The van der Waals surface area contributed by atoms with Crippen LogP contribution >= 0.6 is 0 Å². The number of rotatable bonds is 4. The Morgan fingerprint density at radius 1 is 1.36 bits per heavy atom. The summed E-state index contributed by atoms with van der Waals surface area (Å²) < 4.78 is 10.8. The van der Waals surface area contributed by atoms with Gasteiger partial charge in [0.25, 0.3) is 5.91 Å². The average Bonchev–Trinajstić information content (AvgIpc) is 3.00. The van der Waals surface area contributed by atoms with E-state index in [0.29, 0.717) is 23.3 Å². The van der Waals surface area contributed by atoms with Crippen LogP contribution in [0.3, 0.4) is 0 Å². The maximum Gasteiger partial charge on any atom is 0.349 e. The Morgan fingerprint density at radius 3 is 2.86 bits per heavy atom. The summed E-state index contributed by atoms with van der Waals surface area (Å²) >= 11 is 0. The van der Waals surface area contributed by atoms with Gasteiger partial charge in [-0.15, -0.1) is 0 Å². The van der Waals surface area contributed by atoms with Crippen LogP contribution in [0.5, 0.6) is 5.75 Å². The van der Waals surface area contributed by atoms with Gasteiger partial charge >= 0.3 is 5.63 Å². The molecule has 116 valence electrons. The largest absolute Gasteiger partial charge is 0.490 e. The third-order valence-corrected chi connectivity index (χ3v) is 3.96. The molecule has 0 bridgehead atoms. The fourth-order valence-corrected chi connectivity index (χ4v) is 2.88. The third kappa shape index (κ3) is 2.84. The lowest BCUT2D eigenvalue weighted by Gasteiger charge is -2.12. The van der Waals surface area contributed by atoms with E-state index in [4.69, 9.17) is 9.15 Å². The highest BCUT2D eigenvalue weighted by atomic mass is 16.5. The number of hydrogen-bond donors (Lipinski definition) is 1. The van der Waals surface area contributed by atoms with Crippen molar-refractivity contribution in [2.24, 2.45) is 0 Å². The van der Waals surface area contributed by atoms with E-state index < -0.39 is 5.63 Å². The zero-order valence-electron chi connectivity index (χ0n) is 12.6. The van der Waals surface area contributed by atoms with Gasteiger partial charge in [0, 0.05) is 11.4 Å². The summed E-state index contributed by atoms with van der Waals surface area (Å²) in [6.07, 6.45) is 4.18. The molecule has 0 saturated heterocycles. The summed E-state index contributed by atoms with van der Waals surface area (Å²) in [5, 5.41) is 3.59. The van der Waals surface area contributed by atoms with Crippen LogP contribution in [-0.4, -0.2) is 18.6 Å². The number of carbonyl (C=O) groups excluding carboxylic acids is 1. The van der Waals surface area contributed by atoms with Gasteiger partial charge in [-0.05, 0) is 31.9 Å². The number of benzene rings is 1. The van der Waals surface area contributed by atoms with Gasteiger partial charge in [0.15, 0.2) is 11.3 Å². The Hall–Kier alpha value is -2.30. The van der Waals surface area contributed by atoms with Gasteiger partial charge in [-0.2, -0.15) is 0 Å². The second-order valence-corrected chi connectivity index (χ2v) is 5.51. The summed E-state index contributed by atoms with van der Waals surface area (Å²) in [4.78, 5) is 24.4. The predicted molar refractivity (Wildman–Crippen MR) is 83.4 cm³/mol. The van der Waals surface area contributed by atoms with Gasteiger partial charge in [0.2, 0.25) is 0 Å². The molecule has 0 spiro atoms. The van der Waals surface area contributed by atoms with E-state index in [1.165, 1.54) is 0 Å². The van der Waals surface area contributed by atoms with Gasteiger partial charge in [0.05, 0.1) is 6.61 Å². The topological polar surface area (TPSA) is 68.5 Å². The molecule has 0 unspecified atom stereocenters. The minimum atomic E-state index is -0.629. The summed E-state index contributed by atoms with van der Waals surface area (Å²) in [6, 6.07) is 7.09. The first kappa shape index (κ1) is 14.6. The Balaban J connectivity index is 1.95. The zero-order chi connectivity index (χ0) is 15.5. The van der Waals surface area contributed by atoms with Crippen LogP contribution in [0, 0.1) is 0 Å². The van der Waals surface area contributed by atoms with Crippen LogP contribution in [0.4, 0.5) is 0 Å². The molecular formula is C17H19NO4. The van der Waals surface area contributed by atoms with Crippen molar-refractivity contribution in [2.75, 3.05) is 6.61 Å². The number of fused-ring (bicyclic) bond motifs is 1. The van der Waals surface area contributed by atoms with Crippen LogP contribution in [0.2, 0.25) is 0 Å². The number of para-hydroxylation sites is 1. The van der Waals surface area contributed by atoms with Crippen molar-refractivity contribution in [3.8, 4) is 5.75 Å². The van der Waals surface area contributed by atoms with Gasteiger partial charge in [0.1, 0.15) is 5.56 Å². The number of ether oxygens (including phenoxy) is 1. The van der Waals surface area contributed by atoms with Gasteiger partial charge in [-0.3, -0.25) is 4.79 Å². The van der Waals surface area contributed by atoms with Crippen LogP contribution < -0.4 is 15.7 Å². The molecule has 0 atom stereocenters. The molecule has 1 heterocycles. The van der Waals surface area contributed by atoms with E-state index in [1.54, 1.807) is 18.2 Å². The molecule has 5 heteroatoms.